The summed E-state index contributed by atoms with van der Waals surface area (Å²) in [6, 6.07) is 6.61. The Balaban J connectivity index is 1.58. The molecule has 3 aliphatic rings. The van der Waals surface area contributed by atoms with Crippen LogP contribution in [0.25, 0.3) is 11.3 Å². The number of allylic oxidation sites excluding steroid dienone is 1. The summed E-state index contributed by atoms with van der Waals surface area (Å²) in [6.45, 7) is 10.9. The fraction of sp³-hybridized carbons (Fsp3) is 0.464. The monoisotopic (exact) mass is 572 g/mol. The molecule has 1 unspecified atom stereocenters. The Morgan fingerprint density at radius 2 is 1.82 bits per heavy atom. The third kappa shape index (κ3) is 4.37. The Labute approximate surface area is 231 Å². The van der Waals surface area contributed by atoms with Gasteiger partial charge in [0.2, 0.25) is 0 Å². The number of aromatic nitrogens is 1. The van der Waals surface area contributed by atoms with Gasteiger partial charge < -0.3 is 14.4 Å². The van der Waals surface area contributed by atoms with Crippen molar-refractivity contribution in [2.75, 3.05) is 19.6 Å². The van der Waals surface area contributed by atoms with Gasteiger partial charge in [0.15, 0.2) is 5.60 Å². The van der Waals surface area contributed by atoms with Gasteiger partial charge in [0.1, 0.15) is 37.7 Å². The van der Waals surface area contributed by atoms with Crippen LogP contribution in [0.4, 0.5) is 0 Å². The van der Waals surface area contributed by atoms with Gasteiger partial charge in [-0.1, -0.05) is 18.5 Å². The standard InChI is InChI=1S/C28H34N3O8P/c1-6-18-19-13-17(38-40(35,36)39-31(8-3,9-4)10-5)11-12-23(19)29-25-20(18)15-30-24(25)14-22-21(26(30)32)16-37-27(33)28(22,34)7-2/h11-14,34H,6-10,15-16H2,1-5H3/q+1/p+1/t28-/m0/s1. The van der Waals surface area contributed by atoms with Gasteiger partial charge in [-0.2, -0.15) is 4.65 Å². The highest BCUT2D eigenvalue weighted by molar-refractivity contribution is 7.47. The van der Waals surface area contributed by atoms with Crippen molar-refractivity contribution in [3.05, 3.63) is 67.6 Å². The molecule has 1 aromatic carbocycles. The van der Waals surface area contributed by atoms with Crippen molar-refractivity contribution in [2.45, 2.75) is 66.2 Å². The van der Waals surface area contributed by atoms with Crippen LogP contribution < -0.4 is 25.7 Å². The van der Waals surface area contributed by atoms with E-state index in [1.807, 2.05) is 27.7 Å². The maximum atomic E-state index is 13.5. The van der Waals surface area contributed by atoms with Gasteiger partial charge >= 0.3 is 19.5 Å². The number of hydrogen-bond donors (Lipinski definition) is 2. The molecule has 0 amide bonds. The second kappa shape index (κ2) is 10.1. The molecule has 12 heteroatoms. The molecule has 2 N–H and O–H groups in total. The number of rotatable bonds is 9. The lowest BCUT2D eigenvalue weighted by Crippen LogP contribution is -2.46. The molecule has 0 saturated carbocycles. The molecule has 0 bridgehead atoms. The van der Waals surface area contributed by atoms with Crippen LogP contribution in [0.15, 0.2) is 34.6 Å². The first-order valence-corrected chi connectivity index (χ1v) is 15.2. The molecule has 0 aliphatic carbocycles. The summed E-state index contributed by atoms with van der Waals surface area (Å²) in [5, 5.41) is 12.5. The van der Waals surface area contributed by atoms with Gasteiger partial charge in [-0.15, -0.1) is 0 Å². The topological polar surface area (TPSA) is 138 Å². The average Bonchev–Trinajstić information content (AvgIpc) is 3.31. The van der Waals surface area contributed by atoms with Crippen LogP contribution in [0, 0.1) is 0 Å². The molecule has 1 radical (unpaired) electrons. The van der Waals surface area contributed by atoms with Crippen LogP contribution in [0.1, 0.15) is 64.3 Å². The highest BCUT2D eigenvalue weighted by atomic mass is 31.2. The first-order chi connectivity index (χ1) is 19.0. The van der Waals surface area contributed by atoms with Crippen molar-refractivity contribution < 1.29 is 37.9 Å². The predicted octanol–water partition coefficient (Wildman–Crippen LogP) is 1.74. The molecule has 0 fully saturated rings. The maximum absolute atomic E-state index is 13.5. The van der Waals surface area contributed by atoms with Gasteiger partial charge in [-0.25, -0.2) is 9.36 Å². The van der Waals surface area contributed by atoms with E-state index < -0.39 is 19.4 Å². The smallest absolute Gasteiger partial charge is 0.458 e. The number of hydroxylamine groups is 3. The maximum Gasteiger partial charge on any atom is 0.574 e. The van der Waals surface area contributed by atoms with E-state index in [1.165, 1.54) is 0 Å². The lowest BCUT2D eigenvalue weighted by atomic mass is 9.86. The van der Waals surface area contributed by atoms with Gasteiger partial charge in [-0.05, 0) is 57.4 Å². The number of ether oxygens (including phenoxy) is 1. The highest BCUT2D eigenvalue weighted by Gasteiger charge is 2.47. The summed E-state index contributed by atoms with van der Waals surface area (Å²) in [5.74, 6) is -0.598. The Hall–Kier alpha value is -3.08. The second-order valence-corrected chi connectivity index (χ2v) is 11.5. The second-order valence-electron chi connectivity index (χ2n) is 10.2. The van der Waals surface area contributed by atoms with Crippen LogP contribution >= 0.6 is 7.82 Å². The number of cyclic esters (lactones) is 1. The minimum absolute atomic E-state index is 0.0165. The molecule has 213 valence electrons. The van der Waals surface area contributed by atoms with E-state index >= 15 is 0 Å². The molecular weight excluding hydrogens is 537 g/mol. The first kappa shape index (κ1) is 28.4. The molecule has 2 atom stereocenters. The van der Waals surface area contributed by atoms with E-state index in [9.17, 15) is 24.2 Å². The number of aliphatic hydroxyl groups is 1. The summed E-state index contributed by atoms with van der Waals surface area (Å²) < 4.78 is 30.8. The van der Waals surface area contributed by atoms with E-state index in [0.717, 1.165) is 16.4 Å². The molecule has 11 nitrogen and oxygen atoms in total. The summed E-state index contributed by atoms with van der Waals surface area (Å²) in [4.78, 5) is 41.4. The Kier molecular flexibility index (Phi) is 7.17. The molecule has 3 aliphatic heterocycles. The number of esters is 1. The molecule has 2 aromatic rings. The number of quaternary nitrogens is 1. The average molecular weight is 573 g/mol. The van der Waals surface area contributed by atoms with E-state index in [0.29, 0.717) is 42.8 Å². The Bertz CT molecular complexity index is 1660. The normalized spacial score (nSPS) is 21.1. The van der Waals surface area contributed by atoms with Crippen molar-refractivity contribution in [3.8, 4) is 5.75 Å². The Morgan fingerprint density at radius 3 is 2.45 bits per heavy atom. The van der Waals surface area contributed by atoms with Crippen molar-refractivity contribution in [2.24, 2.45) is 0 Å². The van der Waals surface area contributed by atoms with E-state index in [-0.39, 0.29) is 46.7 Å². The van der Waals surface area contributed by atoms with Crippen LogP contribution in [0.2, 0.25) is 0 Å². The summed E-state index contributed by atoms with van der Waals surface area (Å²) in [7, 11) is -4.45. The summed E-state index contributed by atoms with van der Waals surface area (Å²) >= 11 is 0. The number of phosphoric ester groups is 1. The van der Waals surface area contributed by atoms with E-state index in [2.05, 4.69) is 0 Å². The van der Waals surface area contributed by atoms with Gasteiger partial charge in [-0.3, -0.25) is 14.3 Å². The lowest BCUT2D eigenvalue weighted by molar-refractivity contribution is -1.08. The fourth-order valence-corrected chi connectivity index (χ4v) is 7.01. The van der Waals surface area contributed by atoms with Crippen LogP contribution in [0.3, 0.4) is 0 Å². The Morgan fingerprint density at radius 1 is 1.12 bits per heavy atom. The summed E-state index contributed by atoms with van der Waals surface area (Å²) in [5.41, 5.74) is 1.17. The molecular formula is C28H35N3O8P+2. The van der Waals surface area contributed by atoms with Crippen molar-refractivity contribution in [1.29, 1.82) is 0 Å². The van der Waals surface area contributed by atoms with E-state index in [1.54, 1.807) is 35.8 Å². The number of benzene rings is 1. The van der Waals surface area contributed by atoms with Gasteiger partial charge in [0.25, 0.3) is 10.9 Å². The molecule has 1 aromatic heterocycles. The third-order valence-electron chi connectivity index (χ3n) is 8.36. The number of pyridine rings is 1. The molecule has 5 rings (SSSR count). The largest absolute Gasteiger partial charge is 0.574 e. The number of phosphoric acid groups is 1. The number of hydrogen-bond acceptors (Lipinski definition) is 8. The zero-order valence-corrected chi connectivity index (χ0v) is 24.3. The van der Waals surface area contributed by atoms with Crippen molar-refractivity contribution in [1.82, 2.24) is 9.56 Å². The van der Waals surface area contributed by atoms with E-state index in [4.69, 9.17) is 18.9 Å². The number of carbonyl (C=O) groups is 1. The van der Waals surface area contributed by atoms with Gasteiger partial charge in [0, 0.05) is 11.6 Å². The quantitative estimate of drug-likeness (QED) is 0.201. The number of fused-ring (bicyclic) bond motifs is 4. The minimum atomic E-state index is -4.45. The minimum Gasteiger partial charge on any atom is -0.458 e. The highest BCUT2D eigenvalue weighted by Crippen LogP contribution is 2.46. The van der Waals surface area contributed by atoms with Crippen LogP contribution in [0.5, 0.6) is 5.75 Å². The molecule has 0 spiro atoms. The zero-order valence-electron chi connectivity index (χ0n) is 23.4. The zero-order chi connectivity index (χ0) is 29.0. The molecule has 0 saturated heterocycles. The SMILES string of the molecule is CCC1=c2cc(OP(=O)(O)O[N+](CC)(CC)CC)ccc2=[N+]C2=C1Cn1c2cc2c(c1=O)COC(=O)[C@]2(O)CC. The van der Waals surface area contributed by atoms with Crippen molar-refractivity contribution in [3.63, 3.8) is 0 Å². The molecule has 40 heavy (non-hydrogen) atoms. The summed E-state index contributed by atoms with van der Waals surface area (Å²) in [6.07, 6.45) is 0.665. The fourth-order valence-electron chi connectivity index (χ4n) is 5.81. The van der Waals surface area contributed by atoms with Gasteiger partial charge in [0.05, 0.1) is 27.9 Å². The number of nitrogens with zero attached hydrogens (tertiary/aromatic N) is 3. The first-order valence-electron chi connectivity index (χ1n) is 13.7. The van der Waals surface area contributed by atoms with Crippen molar-refractivity contribution >= 4 is 25.1 Å². The van der Waals surface area contributed by atoms with Crippen LogP contribution in [-0.4, -0.2) is 44.8 Å². The lowest BCUT2D eigenvalue weighted by Gasteiger charge is -2.32. The number of carbonyl (C=O) groups excluding carboxylic acids is 1. The molecule has 4 heterocycles. The third-order valence-corrected chi connectivity index (χ3v) is 9.35. The predicted molar refractivity (Wildman–Crippen MR) is 146 cm³/mol. The van der Waals surface area contributed by atoms with Crippen LogP contribution in [-0.2, 0) is 37.5 Å².